The van der Waals surface area contributed by atoms with Crippen LogP contribution in [0.1, 0.15) is 27.7 Å². The van der Waals surface area contributed by atoms with E-state index in [0.717, 1.165) is 0 Å². The lowest BCUT2D eigenvalue weighted by Crippen LogP contribution is -2.09. The Balaban J connectivity index is 2.05. The Morgan fingerprint density at radius 1 is 0.545 bits per heavy atom. The Bertz CT molecular complexity index is 734. The average Bonchev–Trinajstić information content (AvgIpc) is 2.44. The molecule has 0 fully saturated rings. The van der Waals surface area contributed by atoms with Gasteiger partial charge in [0.15, 0.2) is 0 Å². The van der Waals surface area contributed by atoms with Crippen molar-refractivity contribution >= 4 is 32.9 Å². The van der Waals surface area contributed by atoms with E-state index in [9.17, 15) is 0 Å². The van der Waals surface area contributed by atoms with E-state index in [4.69, 9.17) is 0 Å². The summed E-state index contributed by atoms with van der Waals surface area (Å²) in [6.45, 7) is 8.64. The van der Waals surface area contributed by atoms with Crippen LogP contribution in [-0.2, 0) is 0 Å². The van der Waals surface area contributed by atoms with Gasteiger partial charge >= 0.3 is 0 Å². The zero-order valence-corrected chi connectivity index (χ0v) is 13.8. The minimum absolute atomic E-state index is 0.447. The minimum Gasteiger partial charge on any atom is -0.383 e. The summed E-state index contributed by atoms with van der Waals surface area (Å²) in [7, 11) is 0. The van der Waals surface area contributed by atoms with Crippen LogP contribution in [0.25, 0.3) is 21.5 Å². The molecule has 0 aliphatic heterocycles. The van der Waals surface area contributed by atoms with Crippen LogP contribution < -0.4 is 10.6 Å². The lowest BCUT2D eigenvalue weighted by Gasteiger charge is -2.13. The molecule has 0 unspecified atom stereocenters. The summed E-state index contributed by atoms with van der Waals surface area (Å²) in [6.07, 6.45) is 0. The van der Waals surface area contributed by atoms with E-state index in [-0.39, 0.29) is 0 Å². The van der Waals surface area contributed by atoms with Crippen LogP contribution in [0.2, 0.25) is 0 Å². The van der Waals surface area contributed by atoms with E-state index in [1.165, 1.54) is 32.9 Å². The van der Waals surface area contributed by atoms with Gasteiger partial charge in [0.25, 0.3) is 0 Å². The van der Waals surface area contributed by atoms with Crippen molar-refractivity contribution in [1.29, 1.82) is 0 Å². The second-order valence-electron chi connectivity index (χ2n) is 6.57. The van der Waals surface area contributed by atoms with Crippen LogP contribution in [0.15, 0.2) is 48.5 Å². The molecule has 2 heteroatoms. The zero-order valence-electron chi connectivity index (χ0n) is 13.8. The number of fused-ring (bicyclic) bond motifs is 2. The van der Waals surface area contributed by atoms with Crippen molar-refractivity contribution in [2.45, 2.75) is 39.8 Å². The quantitative estimate of drug-likeness (QED) is 0.609. The Hall–Kier alpha value is -2.22. The summed E-state index contributed by atoms with van der Waals surface area (Å²) in [5.41, 5.74) is 2.36. The molecule has 0 atom stereocenters. The fourth-order valence-corrected chi connectivity index (χ4v) is 2.84. The molecule has 114 valence electrons. The van der Waals surface area contributed by atoms with Gasteiger partial charge < -0.3 is 10.6 Å². The van der Waals surface area contributed by atoms with E-state index in [2.05, 4.69) is 86.9 Å². The molecule has 0 saturated heterocycles. The number of benzene rings is 3. The Morgan fingerprint density at radius 3 is 1.32 bits per heavy atom. The van der Waals surface area contributed by atoms with Crippen molar-refractivity contribution in [1.82, 2.24) is 0 Å². The highest BCUT2D eigenvalue weighted by Crippen LogP contribution is 2.27. The van der Waals surface area contributed by atoms with Crippen molar-refractivity contribution in [3.8, 4) is 0 Å². The number of hydrogen-bond acceptors (Lipinski definition) is 2. The summed E-state index contributed by atoms with van der Waals surface area (Å²) in [6, 6.07) is 18.6. The first-order valence-corrected chi connectivity index (χ1v) is 8.02. The third-order valence-electron chi connectivity index (χ3n) is 3.71. The standard InChI is InChI=1S/C20H24N2/c1-13(2)21-19-7-5-15-10-18-12-20(22-14(3)4)8-6-16(18)9-17(15)11-19/h5-14,21-22H,1-4H3. The number of hydrogen-bond donors (Lipinski definition) is 2. The molecule has 3 aromatic carbocycles. The van der Waals surface area contributed by atoms with E-state index in [1.807, 2.05) is 0 Å². The van der Waals surface area contributed by atoms with Gasteiger partial charge in [0.05, 0.1) is 0 Å². The summed E-state index contributed by atoms with van der Waals surface area (Å²) >= 11 is 0. The third-order valence-corrected chi connectivity index (χ3v) is 3.71. The van der Waals surface area contributed by atoms with Crippen LogP contribution in [-0.4, -0.2) is 12.1 Å². The normalized spacial score (nSPS) is 11.5. The molecule has 0 radical (unpaired) electrons. The fraction of sp³-hybridized carbons (Fsp3) is 0.300. The predicted molar refractivity (Wildman–Crippen MR) is 99.0 cm³/mol. The maximum Gasteiger partial charge on any atom is 0.0348 e. The first-order valence-electron chi connectivity index (χ1n) is 8.02. The van der Waals surface area contributed by atoms with E-state index < -0.39 is 0 Å². The summed E-state index contributed by atoms with van der Waals surface area (Å²) in [5.74, 6) is 0. The molecule has 22 heavy (non-hydrogen) atoms. The molecule has 0 amide bonds. The highest BCUT2D eigenvalue weighted by atomic mass is 14.9. The molecule has 0 aliphatic rings. The highest BCUT2D eigenvalue weighted by molar-refractivity contribution is 6.00. The topological polar surface area (TPSA) is 24.1 Å². The second-order valence-corrected chi connectivity index (χ2v) is 6.57. The summed E-state index contributed by atoms with van der Waals surface area (Å²) in [5, 5.41) is 12.1. The van der Waals surface area contributed by atoms with Gasteiger partial charge in [-0.05, 0) is 85.6 Å². The van der Waals surface area contributed by atoms with E-state index in [1.54, 1.807) is 0 Å². The molecular weight excluding hydrogens is 268 g/mol. The number of anilines is 2. The predicted octanol–water partition coefficient (Wildman–Crippen LogP) is 5.63. The largest absolute Gasteiger partial charge is 0.383 e. The first-order chi connectivity index (χ1) is 10.5. The van der Waals surface area contributed by atoms with Crippen molar-refractivity contribution in [3.05, 3.63) is 48.5 Å². The van der Waals surface area contributed by atoms with Crippen LogP contribution >= 0.6 is 0 Å². The molecule has 0 spiro atoms. The smallest absolute Gasteiger partial charge is 0.0348 e. The molecule has 0 aliphatic carbocycles. The van der Waals surface area contributed by atoms with Gasteiger partial charge in [0, 0.05) is 23.5 Å². The molecule has 3 rings (SSSR count). The van der Waals surface area contributed by atoms with Crippen LogP contribution in [0.3, 0.4) is 0 Å². The molecule has 0 bridgehead atoms. The minimum atomic E-state index is 0.447. The van der Waals surface area contributed by atoms with Gasteiger partial charge in [0.1, 0.15) is 0 Å². The van der Waals surface area contributed by atoms with Crippen molar-refractivity contribution in [2.75, 3.05) is 10.6 Å². The lowest BCUT2D eigenvalue weighted by atomic mass is 10.0. The molecular formula is C20H24N2. The Morgan fingerprint density at radius 2 is 0.955 bits per heavy atom. The van der Waals surface area contributed by atoms with Gasteiger partial charge in [-0.15, -0.1) is 0 Å². The third kappa shape index (κ3) is 3.16. The zero-order chi connectivity index (χ0) is 15.7. The van der Waals surface area contributed by atoms with E-state index in [0.29, 0.717) is 12.1 Å². The Kier molecular flexibility index (Phi) is 3.93. The maximum atomic E-state index is 3.47. The van der Waals surface area contributed by atoms with Crippen LogP contribution in [0.5, 0.6) is 0 Å². The molecule has 3 aromatic rings. The molecule has 0 aromatic heterocycles. The highest BCUT2D eigenvalue weighted by Gasteiger charge is 2.03. The van der Waals surface area contributed by atoms with Crippen LogP contribution in [0.4, 0.5) is 11.4 Å². The van der Waals surface area contributed by atoms with Crippen molar-refractivity contribution < 1.29 is 0 Å². The molecule has 0 saturated carbocycles. The number of nitrogens with one attached hydrogen (secondary N) is 2. The Labute approximate surface area is 132 Å². The molecule has 2 nitrogen and oxygen atoms in total. The molecule has 0 heterocycles. The molecule has 2 N–H and O–H groups in total. The number of rotatable bonds is 4. The van der Waals surface area contributed by atoms with Gasteiger partial charge in [0.2, 0.25) is 0 Å². The van der Waals surface area contributed by atoms with Crippen molar-refractivity contribution in [2.24, 2.45) is 0 Å². The summed E-state index contributed by atoms with van der Waals surface area (Å²) in [4.78, 5) is 0. The van der Waals surface area contributed by atoms with Gasteiger partial charge in [-0.25, -0.2) is 0 Å². The maximum absolute atomic E-state index is 3.47. The van der Waals surface area contributed by atoms with Gasteiger partial charge in [-0.1, -0.05) is 12.1 Å². The van der Waals surface area contributed by atoms with Crippen LogP contribution in [0, 0.1) is 0 Å². The van der Waals surface area contributed by atoms with Gasteiger partial charge in [-0.2, -0.15) is 0 Å². The lowest BCUT2D eigenvalue weighted by molar-refractivity contribution is 0.900. The average molecular weight is 292 g/mol. The first kappa shape index (κ1) is 14.7. The summed E-state index contributed by atoms with van der Waals surface area (Å²) < 4.78 is 0. The van der Waals surface area contributed by atoms with Gasteiger partial charge in [-0.3, -0.25) is 0 Å². The SMILES string of the molecule is CC(C)Nc1ccc2cc3cc(NC(C)C)ccc3cc2c1. The fourth-order valence-electron chi connectivity index (χ4n) is 2.84. The monoisotopic (exact) mass is 292 g/mol. The second kappa shape index (κ2) is 5.88. The van der Waals surface area contributed by atoms with Crippen molar-refractivity contribution in [3.63, 3.8) is 0 Å². The van der Waals surface area contributed by atoms with E-state index >= 15 is 0 Å².